The van der Waals surface area contributed by atoms with Gasteiger partial charge in [-0.25, -0.2) is 4.68 Å². The second-order valence-corrected chi connectivity index (χ2v) is 10.8. The monoisotopic (exact) mass is 478 g/mol. The third-order valence-electron chi connectivity index (χ3n) is 8.28. The second-order valence-electron chi connectivity index (χ2n) is 10.3. The largest absolute Gasteiger partial charge is 0.410 e. The number of halogens is 4. The molecule has 9 heteroatoms. The molecule has 1 aliphatic heterocycles. The predicted molar refractivity (Wildman–Crippen MR) is 118 cm³/mol. The van der Waals surface area contributed by atoms with Gasteiger partial charge in [-0.15, -0.1) is 0 Å². The fraction of sp³-hybridized carbons (Fsp3) is 0.583. The maximum absolute atomic E-state index is 13.9. The van der Waals surface area contributed by atoms with E-state index in [-0.39, 0.29) is 29.8 Å². The molecule has 5 nitrogen and oxygen atoms in total. The van der Waals surface area contributed by atoms with Crippen LogP contribution in [0, 0.1) is 23.7 Å². The lowest BCUT2D eigenvalue weighted by Crippen LogP contribution is -2.55. The maximum Gasteiger partial charge on any atom is 0.410 e. The van der Waals surface area contributed by atoms with Gasteiger partial charge in [0.1, 0.15) is 11.4 Å². The highest BCUT2D eigenvalue weighted by atomic mass is 35.5. The summed E-state index contributed by atoms with van der Waals surface area (Å²) in [5.74, 6) is 2.31. The Morgan fingerprint density at radius 3 is 2.27 bits per heavy atom. The van der Waals surface area contributed by atoms with Crippen molar-refractivity contribution in [3.63, 3.8) is 0 Å². The third kappa shape index (κ3) is 3.70. The summed E-state index contributed by atoms with van der Waals surface area (Å²) in [6.45, 7) is 0. The summed E-state index contributed by atoms with van der Waals surface area (Å²) in [4.78, 5) is 13.3. The van der Waals surface area contributed by atoms with Crippen LogP contribution in [-0.2, 0) is 0 Å². The number of carbonyl (C=O) groups is 1. The van der Waals surface area contributed by atoms with Gasteiger partial charge in [0.2, 0.25) is 0 Å². The van der Waals surface area contributed by atoms with E-state index in [4.69, 9.17) is 11.6 Å². The van der Waals surface area contributed by atoms with Gasteiger partial charge in [0.25, 0.3) is 5.91 Å². The lowest BCUT2D eigenvalue weighted by molar-refractivity contribution is -0.173. The van der Waals surface area contributed by atoms with E-state index in [2.05, 4.69) is 15.7 Å². The summed E-state index contributed by atoms with van der Waals surface area (Å²) < 4.78 is 42.8. The molecule has 4 aliphatic carbocycles. The summed E-state index contributed by atoms with van der Waals surface area (Å²) in [5, 5.41) is 10.9. The molecule has 4 saturated carbocycles. The number of nitrogens with zero attached hydrogens (tertiary/aromatic N) is 2. The number of amides is 1. The Balaban J connectivity index is 1.29. The summed E-state index contributed by atoms with van der Waals surface area (Å²) >= 11 is 5.96. The van der Waals surface area contributed by atoms with Gasteiger partial charge in [0.05, 0.1) is 12.2 Å². The Bertz CT molecular complexity index is 1040. The Morgan fingerprint density at radius 2 is 1.67 bits per heavy atom. The third-order valence-corrected chi connectivity index (χ3v) is 8.53. The van der Waals surface area contributed by atoms with Gasteiger partial charge < -0.3 is 10.6 Å². The van der Waals surface area contributed by atoms with Gasteiger partial charge in [-0.2, -0.15) is 18.3 Å². The molecular weight excluding hydrogens is 453 g/mol. The number of nitrogens with one attached hydrogen (secondary N) is 2. The van der Waals surface area contributed by atoms with Gasteiger partial charge in [-0.1, -0.05) is 23.7 Å². The molecule has 33 heavy (non-hydrogen) atoms. The molecule has 0 radical (unpaired) electrons. The average molecular weight is 479 g/mol. The summed E-state index contributed by atoms with van der Waals surface area (Å²) in [6, 6.07) is 4.44. The number of hydrogen-bond acceptors (Lipinski definition) is 3. The topological polar surface area (TPSA) is 59.0 Å². The highest BCUT2D eigenvalue weighted by molar-refractivity contribution is 6.30. The molecule has 2 atom stereocenters. The highest BCUT2D eigenvalue weighted by Crippen LogP contribution is 2.54. The Morgan fingerprint density at radius 1 is 1.03 bits per heavy atom. The SMILES string of the molecule is O=C(NC1C2CC3CC(C2)CC1C3)c1cnn2c1NC(c1ccc(Cl)cc1)CC2C(F)(F)F. The number of alkyl halides is 3. The molecule has 2 N–H and O–H groups in total. The normalized spacial score (nSPS) is 34.6. The molecule has 1 aromatic heterocycles. The zero-order chi connectivity index (χ0) is 22.9. The van der Waals surface area contributed by atoms with E-state index < -0.39 is 18.3 Å². The highest BCUT2D eigenvalue weighted by Gasteiger charge is 2.50. The lowest BCUT2D eigenvalue weighted by Gasteiger charge is -2.54. The van der Waals surface area contributed by atoms with Gasteiger partial charge in [0, 0.05) is 17.5 Å². The molecule has 1 aromatic carbocycles. The van der Waals surface area contributed by atoms with Crippen molar-refractivity contribution in [1.29, 1.82) is 0 Å². The molecular formula is C24H26ClF3N4O. The molecule has 2 aromatic rings. The van der Waals surface area contributed by atoms with Crippen LogP contribution in [0.4, 0.5) is 19.0 Å². The Hall–Kier alpha value is -2.22. The van der Waals surface area contributed by atoms with Crippen LogP contribution in [0.25, 0.3) is 0 Å². The number of hydrogen-bond donors (Lipinski definition) is 2. The zero-order valence-electron chi connectivity index (χ0n) is 18.0. The molecule has 4 bridgehead atoms. The number of carbonyl (C=O) groups excluding carboxylic acids is 1. The first kappa shape index (κ1) is 21.3. The molecule has 7 rings (SSSR count). The average Bonchev–Trinajstić information content (AvgIpc) is 3.19. The minimum absolute atomic E-state index is 0.106. The first-order chi connectivity index (χ1) is 15.8. The molecule has 0 saturated heterocycles. The van der Waals surface area contributed by atoms with Crippen molar-refractivity contribution in [3.05, 3.63) is 46.6 Å². The van der Waals surface area contributed by atoms with E-state index in [1.807, 2.05) is 0 Å². The fourth-order valence-corrected chi connectivity index (χ4v) is 7.16. The standard InChI is InChI=1S/C24H26ClF3N4O/c25-17-3-1-14(2-4-17)19-10-20(24(26,27)28)32-22(30-19)18(11-29-32)23(33)31-21-15-6-12-5-13(8-15)9-16(21)7-12/h1-4,11-13,15-16,19-21,30H,5-10H2,(H,31,33). The van der Waals surface area contributed by atoms with Crippen LogP contribution < -0.4 is 10.6 Å². The molecule has 5 aliphatic rings. The van der Waals surface area contributed by atoms with Crippen LogP contribution in [0.15, 0.2) is 30.5 Å². The number of anilines is 1. The van der Waals surface area contributed by atoms with Crippen molar-refractivity contribution in [2.24, 2.45) is 23.7 Å². The van der Waals surface area contributed by atoms with Crippen molar-refractivity contribution in [1.82, 2.24) is 15.1 Å². The molecule has 1 amide bonds. The predicted octanol–water partition coefficient (Wildman–Crippen LogP) is 5.75. The minimum atomic E-state index is -4.48. The van der Waals surface area contributed by atoms with Crippen LogP contribution >= 0.6 is 11.6 Å². The number of fused-ring (bicyclic) bond motifs is 1. The van der Waals surface area contributed by atoms with Crippen LogP contribution in [0.3, 0.4) is 0 Å². The van der Waals surface area contributed by atoms with Gasteiger partial charge in [-0.05, 0) is 73.5 Å². The van der Waals surface area contributed by atoms with Crippen molar-refractivity contribution < 1.29 is 18.0 Å². The van der Waals surface area contributed by atoms with Gasteiger partial charge in [-0.3, -0.25) is 4.79 Å². The Kier molecular flexibility index (Phi) is 4.94. The molecule has 2 heterocycles. The number of rotatable bonds is 3. The van der Waals surface area contributed by atoms with Crippen LogP contribution in [-0.4, -0.2) is 27.9 Å². The van der Waals surface area contributed by atoms with E-state index in [0.717, 1.165) is 42.2 Å². The minimum Gasteiger partial charge on any atom is -0.363 e. The van der Waals surface area contributed by atoms with Crippen LogP contribution in [0.1, 0.15) is 66.5 Å². The quantitative estimate of drug-likeness (QED) is 0.590. The summed E-state index contributed by atoms with van der Waals surface area (Å²) in [5.41, 5.74) is 0.866. The molecule has 0 spiro atoms. The fourth-order valence-electron chi connectivity index (χ4n) is 7.03. The van der Waals surface area contributed by atoms with E-state index >= 15 is 0 Å². The molecule has 4 fully saturated rings. The number of benzene rings is 1. The van der Waals surface area contributed by atoms with E-state index in [1.165, 1.54) is 12.6 Å². The molecule has 2 unspecified atom stereocenters. The van der Waals surface area contributed by atoms with Crippen molar-refractivity contribution in [3.8, 4) is 0 Å². The first-order valence-corrected chi connectivity index (χ1v) is 12.1. The zero-order valence-corrected chi connectivity index (χ0v) is 18.7. The van der Waals surface area contributed by atoms with Gasteiger partial charge in [0.15, 0.2) is 6.04 Å². The van der Waals surface area contributed by atoms with E-state index in [9.17, 15) is 18.0 Å². The van der Waals surface area contributed by atoms with Crippen LogP contribution in [0.2, 0.25) is 5.02 Å². The van der Waals surface area contributed by atoms with Crippen molar-refractivity contribution in [2.75, 3.05) is 5.32 Å². The smallest absolute Gasteiger partial charge is 0.363 e. The molecule has 176 valence electrons. The van der Waals surface area contributed by atoms with Crippen LogP contribution in [0.5, 0.6) is 0 Å². The summed E-state index contributed by atoms with van der Waals surface area (Å²) in [7, 11) is 0. The summed E-state index contributed by atoms with van der Waals surface area (Å²) in [6.07, 6.45) is 2.50. The van der Waals surface area contributed by atoms with Crippen molar-refractivity contribution >= 4 is 23.3 Å². The first-order valence-electron chi connectivity index (χ1n) is 11.7. The van der Waals surface area contributed by atoms with Crippen molar-refractivity contribution in [2.45, 2.75) is 62.8 Å². The Labute approximate surface area is 195 Å². The maximum atomic E-state index is 13.9. The van der Waals surface area contributed by atoms with E-state index in [0.29, 0.717) is 22.4 Å². The second kappa shape index (κ2) is 7.65. The lowest BCUT2D eigenvalue weighted by atomic mass is 9.54. The van der Waals surface area contributed by atoms with Gasteiger partial charge >= 0.3 is 6.18 Å². The number of aromatic nitrogens is 2. The van der Waals surface area contributed by atoms with E-state index in [1.54, 1.807) is 24.3 Å².